The molecule has 0 aromatic heterocycles. The van der Waals surface area contributed by atoms with Gasteiger partial charge < -0.3 is 9.84 Å². The van der Waals surface area contributed by atoms with Crippen LogP contribution in [0.15, 0.2) is 16.6 Å². The first-order chi connectivity index (χ1) is 6.06. The van der Waals surface area contributed by atoms with Gasteiger partial charge in [0.15, 0.2) is 0 Å². The molecule has 0 unspecified atom stereocenters. The van der Waals surface area contributed by atoms with Gasteiger partial charge in [-0.3, -0.25) is 0 Å². The maximum absolute atomic E-state index is 11.2. The van der Waals surface area contributed by atoms with Gasteiger partial charge in [0.1, 0.15) is 5.75 Å². The van der Waals surface area contributed by atoms with Gasteiger partial charge in [0.2, 0.25) is 0 Å². The Morgan fingerprint density at radius 1 is 1.54 bits per heavy atom. The lowest BCUT2D eigenvalue weighted by molar-refractivity contribution is 0.0600. The van der Waals surface area contributed by atoms with E-state index in [1.54, 1.807) is 6.92 Å². The van der Waals surface area contributed by atoms with E-state index in [1.807, 2.05) is 0 Å². The molecular weight excluding hydrogens is 236 g/mol. The summed E-state index contributed by atoms with van der Waals surface area (Å²) in [4.78, 5) is 11.2. The van der Waals surface area contributed by atoms with Crippen molar-refractivity contribution in [1.82, 2.24) is 0 Å². The molecule has 70 valence electrons. The molecule has 0 radical (unpaired) electrons. The third-order valence-corrected chi connectivity index (χ3v) is 2.33. The number of esters is 1. The minimum atomic E-state index is -0.404. The van der Waals surface area contributed by atoms with Gasteiger partial charge in [0, 0.05) is 0 Å². The number of phenolic OH excluding ortho intramolecular Hbond substituents is 1. The first kappa shape index (κ1) is 10.1. The molecule has 0 saturated carbocycles. The highest BCUT2D eigenvalue weighted by Crippen LogP contribution is 2.27. The van der Waals surface area contributed by atoms with Crippen LogP contribution in [0.2, 0.25) is 0 Å². The average Bonchev–Trinajstić information content (AvgIpc) is 2.10. The van der Waals surface area contributed by atoms with E-state index in [1.165, 1.54) is 19.2 Å². The fourth-order valence-electron chi connectivity index (χ4n) is 0.996. The van der Waals surface area contributed by atoms with Crippen LogP contribution in [0.4, 0.5) is 0 Å². The SMILES string of the molecule is COC(=O)c1cc(Br)c(O)cc1C. The molecule has 0 aliphatic rings. The number of ether oxygens (including phenoxy) is 1. The Bertz CT molecular complexity index is 347. The second-order valence-electron chi connectivity index (χ2n) is 2.61. The number of aromatic hydroxyl groups is 1. The number of rotatable bonds is 1. The third kappa shape index (κ3) is 2.01. The number of carbonyl (C=O) groups is 1. The highest BCUT2D eigenvalue weighted by atomic mass is 79.9. The van der Waals surface area contributed by atoms with E-state index in [9.17, 15) is 9.90 Å². The first-order valence-electron chi connectivity index (χ1n) is 3.63. The van der Waals surface area contributed by atoms with Gasteiger partial charge in [0.25, 0.3) is 0 Å². The molecule has 0 bridgehead atoms. The minimum absolute atomic E-state index is 0.116. The molecule has 0 fully saturated rings. The van der Waals surface area contributed by atoms with Crippen molar-refractivity contribution in [3.05, 3.63) is 27.7 Å². The number of carbonyl (C=O) groups excluding carboxylic acids is 1. The van der Waals surface area contributed by atoms with Crippen LogP contribution in [-0.4, -0.2) is 18.2 Å². The largest absolute Gasteiger partial charge is 0.507 e. The molecule has 1 aromatic carbocycles. The van der Waals surface area contributed by atoms with Crippen molar-refractivity contribution in [3.8, 4) is 5.75 Å². The van der Waals surface area contributed by atoms with Crippen molar-refractivity contribution < 1.29 is 14.6 Å². The lowest BCUT2D eigenvalue weighted by atomic mass is 10.1. The van der Waals surface area contributed by atoms with Gasteiger partial charge in [-0.05, 0) is 40.5 Å². The number of hydrogen-bond donors (Lipinski definition) is 1. The molecule has 13 heavy (non-hydrogen) atoms. The van der Waals surface area contributed by atoms with Crippen molar-refractivity contribution in [2.75, 3.05) is 7.11 Å². The Hall–Kier alpha value is -1.03. The Morgan fingerprint density at radius 3 is 2.69 bits per heavy atom. The summed E-state index contributed by atoms with van der Waals surface area (Å²) in [6.07, 6.45) is 0. The third-order valence-electron chi connectivity index (χ3n) is 1.70. The second-order valence-corrected chi connectivity index (χ2v) is 3.46. The zero-order valence-corrected chi connectivity index (χ0v) is 8.88. The van der Waals surface area contributed by atoms with Crippen molar-refractivity contribution >= 4 is 21.9 Å². The van der Waals surface area contributed by atoms with E-state index in [0.717, 1.165) is 0 Å². The van der Waals surface area contributed by atoms with E-state index in [2.05, 4.69) is 20.7 Å². The van der Waals surface area contributed by atoms with Gasteiger partial charge in [-0.1, -0.05) is 0 Å². The van der Waals surface area contributed by atoms with E-state index in [4.69, 9.17) is 0 Å². The Balaban J connectivity index is 3.23. The molecule has 1 aromatic rings. The predicted octanol–water partition coefficient (Wildman–Crippen LogP) is 2.25. The second kappa shape index (κ2) is 3.79. The van der Waals surface area contributed by atoms with Crippen LogP contribution < -0.4 is 0 Å². The summed E-state index contributed by atoms with van der Waals surface area (Å²) in [6.45, 7) is 1.73. The normalized spacial score (nSPS) is 9.77. The number of methoxy groups -OCH3 is 1. The van der Waals surface area contributed by atoms with Crippen molar-refractivity contribution in [1.29, 1.82) is 0 Å². The molecule has 4 heteroatoms. The molecule has 0 atom stereocenters. The summed E-state index contributed by atoms with van der Waals surface area (Å²) >= 11 is 3.12. The van der Waals surface area contributed by atoms with Gasteiger partial charge in [-0.2, -0.15) is 0 Å². The van der Waals surface area contributed by atoms with E-state index in [0.29, 0.717) is 15.6 Å². The van der Waals surface area contributed by atoms with Crippen LogP contribution in [0.3, 0.4) is 0 Å². The first-order valence-corrected chi connectivity index (χ1v) is 4.43. The van der Waals surface area contributed by atoms with Crippen LogP contribution >= 0.6 is 15.9 Å². The van der Waals surface area contributed by atoms with Crippen molar-refractivity contribution in [2.24, 2.45) is 0 Å². The molecular formula is C9H9BrO3. The van der Waals surface area contributed by atoms with Gasteiger partial charge in [-0.25, -0.2) is 4.79 Å². The molecule has 0 saturated heterocycles. The number of phenols is 1. The maximum atomic E-state index is 11.2. The Kier molecular flexibility index (Phi) is 2.93. The Labute approximate surface area is 84.5 Å². The lowest BCUT2D eigenvalue weighted by Gasteiger charge is -2.05. The van der Waals surface area contributed by atoms with Gasteiger partial charge in [-0.15, -0.1) is 0 Å². The predicted molar refractivity (Wildman–Crippen MR) is 51.9 cm³/mol. The van der Waals surface area contributed by atoms with E-state index < -0.39 is 5.97 Å². The topological polar surface area (TPSA) is 46.5 Å². The van der Waals surface area contributed by atoms with E-state index >= 15 is 0 Å². The molecule has 3 nitrogen and oxygen atoms in total. The van der Waals surface area contributed by atoms with Crippen LogP contribution in [-0.2, 0) is 4.74 Å². The number of hydrogen-bond acceptors (Lipinski definition) is 3. The van der Waals surface area contributed by atoms with Crippen LogP contribution in [0.25, 0.3) is 0 Å². The zero-order chi connectivity index (χ0) is 10.0. The standard InChI is InChI=1S/C9H9BrO3/c1-5-3-8(11)7(10)4-6(5)9(12)13-2/h3-4,11H,1-2H3. The van der Waals surface area contributed by atoms with Gasteiger partial charge >= 0.3 is 5.97 Å². The lowest BCUT2D eigenvalue weighted by Crippen LogP contribution is -2.03. The Morgan fingerprint density at radius 2 is 2.15 bits per heavy atom. The summed E-state index contributed by atoms with van der Waals surface area (Å²) in [5, 5.41) is 9.28. The van der Waals surface area contributed by atoms with Crippen LogP contribution in [0.1, 0.15) is 15.9 Å². The molecule has 0 aliphatic carbocycles. The summed E-state index contributed by atoms with van der Waals surface area (Å²) in [6, 6.07) is 3.05. The smallest absolute Gasteiger partial charge is 0.338 e. The summed E-state index contributed by atoms with van der Waals surface area (Å²) in [5.41, 5.74) is 1.14. The monoisotopic (exact) mass is 244 g/mol. The quantitative estimate of drug-likeness (QED) is 0.772. The van der Waals surface area contributed by atoms with E-state index in [-0.39, 0.29) is 5.75 Å². The summed E-state index contributed by atoms with van der Waals surface area (Å²) < 4.78 is 5.06. The molecule has 0 spiro atoms. The van der Waals surface area contributed by atoms with Gasteiger partial charge in [0.05, 0.1) is 17.1 Å². The fourth-order valence-corrected chi connectivity index (χ4v) is 1.34. The number of aryl methyl sites for hydroxylation is 1. The molecule has 1 rings (SSSR count). The maximum Gasteiger partial charge on any atom is 0.338 e. The highest BCUT2D eigenvalue weighted by molar-refractivity contribution is 9.10. The van der Waals surface area contributed by atoms with Crippen molar-refractivity contribution in [2.45, 2.75) is 6.92 Å². The number of benzene rings is 1. The molecule has 1 N–H and O–H groups in total. The zero-order valence-electron chi connectivity index (χ0n) is 7.30. The molecule has 0 heterocycles. The molecule has 0 amide bonds. The number of halogens is 1. The average molecular weight is 245 g/mol. The summed E-state index contributed by atoms with van der Waals surface area (Å²) in [7, 11) is 1.32. The highest BCUT2D eigenvalue weighted by Gasteiger charge is 2.11. The van der Waals surface area contributed by atoms with Crippen molar-refractivity contribution in [3.63, 3.8) is 0 Å². The van der Waals surface area contributed by atoms with Crippen LogP contribution in [0, 0.1) is 6.92 Å². The fraction of sp³-hybridized carbons (Fsp3) is 0.222. The minimum Gasteiger partial charge on any atom is -0.507 e. The van der Waals surface area contributed by atoms with Crippen LogP contribution in [0.5, 0.6) is 5.75 Å². The summed E-state index contributed by atoms with van der Waals surface area (Å²) in [5.74, 6) is -0.289. The molecule has 0 aliphatic heterocycles.